The second-order valence-corrected chi connectivity index (χ2v) is 4.98. The number of nitrogens with zero attached hydrogens (tertiary/aromatic N) is 1. The van der Waals surface area contributed by atoms with Gasteiger partial charge < -0.3 is 10.2 Å². The maximum Gasteiger partial charge on any atom is 0.0440 e. The quantitative estimate of drug-likeness (QED) is 0.842. The van der Waals surface area contributed by atoms with Crippen molar-refractivity contribution in [3.63, 3.8) is 0 Å². The van der Waals surface area contributed by atoms with Crippen LogP contribution in [0.5, 0.6) is 0 Å². The Morgan fingerprint density at radius 2 is 1.65 bits per heavy atom. The van der Waals surface area contributed by atoms with Crippen LogP contribution in [0.15, 0.2) is 48.5 Å². The molecule has 0 spiro atoms. The van der Waals surface area contributed by atoms with Crippen LogP contribution in [0.25, 0.3) is 0 Å². The highest BCUT2D eigenvalue weighted by molar-refractivity contribution is 5.66. The average molecular weight is 268 g/mol. The minimum Gasteiger partial charge on any atom is -0.342 e. The number of anilines is 2. The Hall–Kier alpha value is -1.80. The van der Waals surface area contributed by atoms with Gasteiger partial charge in [-0.3, -0.25) is 0 Å². The van der Waals surface area contributed by atoms with Crippen LogP contribution in [0.4, 0.5) is 11.4 Å². The largest absolute Gasteiger partial charge is 0.342 e. The van der Waals surface area contributed by atoms with Crippen LogP contribution in [0.3, 0.4) is 0 Å². The highest BCUT2D eigenvalue weighted by Crippen LogP contribution is 2.28. The third-order valence-corrected chi connectivity index (χ3v) is 3.55. The van der Waals surface area contributed by atoms with Gasteiger partial charge in [-0.2, -0.15) is 0 Å². The first kappa shape index (κ1) is 14.6. The van der Waals surface area contributed by atoms with Crippen LogP contribution in [-0.2, 0) is 6.54 Å². The first-order valence-electron chi connectivity index (χ1n) is 7.39. The lowest BCUT2D eigenvalue weighted by molar-refractivity contribution is 0.727. The van der Waals surface area contributed by atoms with Crippen molar-refractivity contribution < 1.29 is 0 Å². The summed E-state index contributed by atoms with van der Waals surface area (Å²) in [6.07, 6.45) is 0. The van der Waals surface area contributed by atoms with Crippen molar-refractivity contribution in [3.05, 3.63) is 59.7 Å². The predicted octanol–water partition coefficient (Wildman–Crippen LogP) is 4.26. The molecule has 0 radical (unpaired) electrons. The summed E-state index contributed by atoms with van der Waals surface area (Å²) in [5.41, 5.74) is 5.18. The number of rotatable bonds is 6. The van der Waals surface area contributed by atoms with Gasteiger partial charge in [-0.1, -0.05) is 37.3 Å². The van der Waals surface area contributed by atoms with Crippen molar-refractivity contribution in [1.82, 2.24) is 5.32 Å². The van der Waals surface area contributed by atoms with Gasteiger partial charge in [0.25, 0.3) is 0 Å². The minimum absolute atomic E-state index is 0.938. The fraction of sp³-hybridized carbons (Fsp3) is 0.333. The van der Waals surface area contributed by atoms with Gasteiger partial charge in [0.05, 0.1) is 0 Å². The summed E-state index contributed by atoms with van der Waals surface area (Å²) in [6, 6.07) is 17.4. The highest BCUT2D eigenvalue weighted by atomic mass is 15.1. The first-order valence-corrected chi connectivity index (χ1v) is 7.39. The third-order valence-electron chi connectivity index (χ3n) is 3.55. The second-order valence-electron chi connectivity index (χ2n) is 4.98. The zero-order valence-electron chi connectivity index (χ0n) is 12.7. The smallest absolute Gasteiger partial charge is 0.0440 e. The highest BCUT2D eigenvalue weighted by Gasteiger charge is 2.09. The maximum absolute atomic E-state index is 3.35. The molecule has 0 aromatic heterocycles. The monoisotopic (exact) mass is 268 g/mol. The molecule has 0 amide bonds. The van der Waals surface area contributed by atoms with Gasteiger partial charge in [-0.05, 0) is 49.7 Å². The van der Waals surface area contributed by atoms with E-state index in [0.29, 0.717) is 0 Å². The standard InChI is InChI=1S/C18H24N2/c1-4-19-14-16-10-12-17(13-11-16)20(5-2)18-9-7-6-8-15(18)3/h6-13,19H,4-5,14H2,1-3H3. The molecule has 0 aliphatic carbocycles. The van der Waals surface area contributed by atoms with Crippen LogP contribution in [-0.4, -0.2) is 13.1 Å². The van der Waals surface area contributed by atoms with E-state index in [1.165, 1.54) is 22.5 Å². The summed E-state index contributed by atoms with van der Waals surface area (Å²) in [7, 11) is 0. The van der Waals surface area contributed by atoms with Crippen molar-refractivity contribution in [3.8, 4) is 0 Å². The minimum atomic E-state index is 0.938. The Labute approximate surface area is 122 Å². The summed E-state index contributed by atoms with van der Waals surface area (Å²) in [6.45, 7) is 9.40. The van der Waals surface area contributed by atoms with Gasteiger partial charge in [0.1, 0.15) is 0 Å². The SMILES string of the molecule is CCNCc1ccc(N(CC)c2ccccc2C)cc1. The molecule has 106 valence electrons. The van der Waals surface area contributed by atoms with Gasteiger partial charge in [0.2, 0.25) is 0 Å². The van der Waals surface area contributed by atoms with E-state index in [9.17, 15) is 0 Å². The molecule has 0 saturated heterocycles. The van der Waals surface area contributed by atoms with E-state index in [0.717, 1.165) is 19.6 Å². The summed E-state index contributed by atoms with van der Waals surface area (Å²) in [4.78, 5) is 2.35. The first-order chi connectivity index (χ1) is 9.76. The zero-order valence-corrected chi connectivity index (χ0v) is 12.7. The van der Waals surface area contributed by atoms with Crippen LogP contribution in [0, 0.1) is 6.92 Å². The molecule has 0 unspecified atom stereocenters. The molecule has 2 nitrogen and oxygen atoms in total. The molecule has 0 aliphatic rings. The van der Waals surface area contributed by atoms with Crippen LogP contribution >= 0.6 is 0 Å². The number of nitrogens with one attached hydrogen (secondary N) is 1. The lowest BCUT2D eigenvalue weighted by Gasteiger charge is -2.25. The number of aryl methyl sites for hydroxylation is 1. The summed E-state index contributed by atoms with van der Waals surface area (Å²) < 4.78 is 0. The fourth-order valence-corrected chi connectivity index (χ4v) is 2.42. The Morgan fingerprint density at radius 3 is 2.25 bits per heavy atom. The van der Waals surface area contributed by atoms with Crippen LogP contribution < -0.4 is 10.2 Å². The zero-order chi connectivity index (χ0) is 14.4. The van der Waals surface area contributed by atoms with Gasteiger partial charge in [-0.25, -0.2) is 0 Å². The molecule has 2 aromatic carbocycles. The van der Waals surface area contributed by atoms with Gasteiger partial charge in [-0.15, -0.1) is 0 Å². The van der Waals surface area contributed by atoms with Crippen molar-refractivity contribution >= 4 is 11.4 Å². The van der Waals surface area contributed by atoms with Crippen molar-refractivity contribution in [2.45, 2.75) is 27.3 Å². The summed E-state index contributed by atoms with van der Waals surface area (Å²) in [5.74, 6) is 0. The van der Waals surface area contributed by atoms with Crippen LogP contribution in [0.2, 0.25) is 0 Å². The van der Waals surface area contributed by atoms with E-state index in [2.05, 4.69) is 79.5 Å². The molecular weight excluding hydrogens is 244 g/mol. The van der Waals surface area contributed by atoms with E-state index in [1.54, 1.807) is 0 Å². The Bertz CT molecular complexity index is 531. The lowest BCUT2D eigenvalue weighted by atomic mass is 10.1. The van der Waals surface area contributed by atoms with Gasteiger partial charge in [0, 0.05) is 24.5 Å². The molecule has 2 heteroatoms. The number of para-hydroxylation sites is 1. The summed E-state index contributed by atoms with van der Waals surface area (Å²) in [5, 5.41) is 3.35. The maximum atomic E-state index is 3.35. The van der Waals surface area contributed by atoms with Gasteiger partial charge in [0.15, 0.2) is 0 Å². The normalized spacial score (nSPS) is 10.6. The van der Waals surface area contributed by atoms with E-state index in [-0.39, 0.29) is 0 Å². The van der Waals surface area contributed by atoms with Crippen molar-refractivity contribution in [2.75, 3.05) is 18.0 Å². The third kappa shape index (κ3) is 3.40. The molecule has 20 heavy (non-hydrogen) atoms. The Morgan fingerprint density at radius 1 is 0.950 bits per heavy atom. The van der Waals surface area contributed by atoms with Crippen molar-refractivity contribution in [1.29, 1.82) is 0 Å². The van der Waals surface area contributed by atoms with Crippen molar-refractivity contribution in [2.24, 2.45) is 0 Å². The fourth-order valence-electron chi connectivity index (χ4n) is 2.42. The molecule has 0 saturated carbocycles. The molecule has 2 rings (SSSR count). The topological polar surface area (TPSA) is 15.3 Å². The van der Waals surface area contributed by atoms with E-state index in [1.807, 2.05) is 0 Å². The number of hydrogen-bond acceptors (Lipinski definition) is 2. The molecular formula is C18H24N2. The second kappa shape index (κ2) is 7.11. The molecule has 0 bridgehead atoms. The van der Waals surface area contributed by atoms with E-state index >= 15 is 0 Å². The number of benzene rings is 2. The van der Waals surface area contributed by atoms with Gasteiger partial charge >= 0.3 is 0 Å². The lowest BCUT2D eigenvalue weighted by Crippen LogP contribution is -2.17. The van der Waals surface area contributed by atoms with Crippen LogP contribution in [0.1, 0.15) is 25.0 Å². The average Bonchev–Trinajstić information content (AvgIpc) is 2.49. The number of hydrogen-bond donors (Lipinski definition) is 1. The Balaban J connectivity index is 2.22. The molecule has 0 heterocycles. The van der Waals surface area contributed by atoms with E-state index in [4.69, 9.17) is 0 Å². The predicted molar refractivity (Wildman–Crippen MR) is 87.7 cm³/mol. The summed E-state index contributed by atoms with van der Waals surface area (Å²) >= 11 is 0. The van der Waals surface area contributed by atoms with E-state index < -0.39 is 0 Å². The molecule has 1 N–H and O–H groups in total. The molecule has 0 aliphatic heterocycles. The molecule has 0 atom stereocenters. The Kier molecular flexibility index (Phi) is 5.19. The molecule has 0 fully saturated rings. The molecule has 2 aromatic rings.